The molecule has 6 heteroatoms. The molecule has 0 bridgehead atoms. The predicted octanol–water partition coefficient (Wildman–Crippen LogP) is 4.06. The number of hydrogen-bond acceptors (Lipinski definition) is 3. The molecule has 0 aliphatic rings. The van der Waals surface area contributed by atoms with E-state index < -0.39 is 10.0 Å². The topological polar surface area (TPSA) is 37.4 Å². The standard InChI is InChI=1S/C14H18ClNO2S2/c1-3-4-9-16(2)20(17,18)14-11-7-5-6-8-12(11)19-13(14)10-15/h5-8H,3-4,9-10H2,1-2H3. The van der Waals surface area contributed by atoms with Crippen LogP contribution in [0.4, 0.5) is 0 Å². The molecule has 1 heterocycles. The summed E-state index contributed by atoms with van der Waals surface area (Å²) in [5.74, 6) is 0.218. The lowest BCUT2D eigenvalue weighted by atomic mass is 10.2. The van der Waals surface area contributed by atoms with E-state index in [1.807, 2.05) is 31.2 Å². The van der Waals surface area contributed by atoms with Crippen LogP contribution < -0.4 is 0 Å². The average Bonchev–Trinajstić information content (AvgIpc) is 2.83. The van der Waals surface area contributed by atoms with Gasteiger partial charge in [-0.1, -0.05) is 31.5 Å². The second-order valence-corrected chi connectivity index (χ2v) is 8.05. The maximum atomic E-state index is 12.8. The SMILES string of the molecule is CCCCN(C)S(=O)(=O)c1c(CCl)sc2ccccc12. The zero-order chi connectivity index (χ0) is 14.8. The van der Waals surface area contributed by atoms with Crippen molar-refractivity contribution in [3.8, 4) is 0 Å². The van der Waals surface area contributed by atoms with Gasteiger partial charge in [-0.15, -0.1) is 22.9 Å². The van der Waals surface area contributed by atoms with Crippen LogP contribution in [-0.4, -0.2) is 26.3 Å². The molecule has 0 spiro atoms. The molecule has 2 aromatic rings. The summed E-state index contributed by atoms with van der Waals surface area (Å²) in [4.78, 5) is 1.10. The van der Waals surface area contributed by atoms with Gasteiger partial charge in [-0.2, -0.15) is 0 Å². The smallest absolute Gasteiger partial charge is 0.207 e. The molecule has 0 aliphatic carbocycles. The Labute approximate surface area is 129 Å². The highest BCUT2D eigenvalue weighted by Crippen LogP contribution is 2.36. The minimum absolute atomic E-state index is 0.218. The quantitative estimate of drug-likeness (QED) is 0.748. The maximum absolute atomic E-state index is 12.8. The van der Waals surface area contributed by atoms with Crippen LogP contribution >= 0.6 is 22.9 Å². The number of alkyl halides is 1. The van der Waals surface area contributed by atoms with Crippen LogP contribution in [-0.2, 0) is 15.9 Å². The van der Waals surface area contributed by atoms with Crippen LogP contribution in [0.25, 0.3) is 10.1 Å². The van der Waals surface area contributed by atoms with Gasteiger partial charge in [0.25, 0.3) is 0 Å². The summed E-state index contributed by atoms with van der Waals surface area (Å²) < 4.78 is 27.9. The van der Waals surface area contributed by atoms with Crippen molar-refractivity contribution >= 4 is 43.0 Å². The number of unbranched alkanes of at least 4 members (excludes halogenated alkanes) is 1. The highest BCUT2D eigenvalue weighted by atomic mass is 35.5. The third kappa shape index (κ3) is 2.86. The minimum atomic E-state index is -3.48. The molecule has 0 amide bonds. The van der Waals surface area contributed by atoms with E-state index in [9.17, 15) is 8.42 Å². The molecule has 2 rings (SSSR count). The first kappa shape index (κ1) is 15.8. The van der Waals surface area contributed by atoms with E-state index >= 15 is 0 Å². The van der Waals surface area contributed by atoms with Gasteiger partial charge in [-0.05, 0) is 12.5 Å². The summed E-state index contributed by atoms with van der Waals surface area (Å²) in [6, 6.07) is 7.55. The van der Waals surface area contributed by atoms with E-state index in [2.05, 4.69) is 0 Å². The van der Waals surface area contributed by atoms with Gasteiger partial charge in [0.05, 0.1) is 5.88 Å². The number of halogens is 1. The van der Waals surface area contributed by atoms with Gasteiger partial charge in [-0.3, -0.25) is 0 Å². The van der Waals surface area contributed by atoms with E-state index in [0.717, 1.165) is 27.8 Å². The zero-order valence-electron chi connectivity index (χ0n) is 11.6. The molecule has 0 saturated carbocycles. The van der Waals surface area contributed by atoms with Gasteiger partial charge in [0, 0.05) is 28.6 Å². The lowest BCUT2D eigenvalue weighted by Crippen LogP contribution is -2.28. The summed E-state index contributed by atoms with van der Waals surface area (Å²) in [5.41, 5.74) is 0. The second-order valence-electron chi connectivity index (χ2n) is 4.66. The van der Waals surface area contributed by atoms with Gasteiger partial charge >= 0.3 is 0 Å². The zero-order valence-corrected chi connectivity index (χ0v) is 14.0. The summed E-state index contributed by atoms with van der Waals surface area (Å²) in [6.07, 6.45) is 1.82. The van der Waals surface area contributed by atoms with Gasteiger partial charge < -0.3 is 0 Å². The van der Waals surface area contributed by atoms with E-state index in [1.54, 1.807) is 7.05 Å². The van der Waals surface area contributed by atoms with Crippen LogP contribution in [0.1, 0.15) is 24.6 Å². The van der Waals surface area contributed by atoms with Gasteiger partial charge in [0.2, 0.25) is 10.0 Å². The van der Waals surface area contributed by atoms with E-state index in [4.69, 9.17) is 11.6 Å². The highest BCUT2D eigenvalue weighted by Gasteiger charge is 2.27. The molecule has 0 radical (unpaired) electrons. The Morgan fingerprint density at radius 2 is 2.00 bits per heavy atom. The first-order chi connectivity index (χ1) is 9.52. The lowest BCUT2D eigenvalue weighted by Gasteiger charge is -2.17. The fourth-order valence-electron chi connectivity index (χ4n) is 2.10. The predicted molar refractivity (Wildman–Crippen MR) is 86.1 cm³/mol. The molecule has 0 saturated heterocycles. The molecule has 0 atom stereocenters. The number of sulfonamides is 1. The Morgan fingerprint density at radius 1 is 1.30 bits per heavy atom. The van der Waals surface area contributed by atoms with Crippen molar-refractivity contribution in [2.24, 2.45) is 0 Å². The molecule has 20 heavy (non-hydrogen) atoms. The van der Waals surface area contributed by atoms with Gasteiger partial charge in [0.15, 0.2) is 0 Å². The number of nitrogens with zero attached hydrogens (tertiary/aromatic N) is 1. The van der Waals surface area contributed by atoms with Gasteiger partial charge in [0.1, 0.15) is 4.90 Å². The maximum Gasteiger partial charge on any atom is 0.244 e. The van der Waals surface area contributed by atoms with Crippen molar-refractivity contribution in [2.45, 2.75) is 30.5 Å². The first-order valence-corrected chi connectivity index (χ1v) is 9.34. The van der Waals surface area contributed by atoms with E-state index in [-0.39, 0.29) is 5.88 Å². The van der Waals surface area contributed by atoms with Crippen molar-refractivity contribution in [3.63, 3.8) is 0 Å². The molecule has 1 aromatic heterocycles. The van der Waals surface area contributed by atoms with E-state index in [0.29, 0.717) is 11.4 Å². The monoisotopic (exact) mass is 331 g/mol. The first-order valence-electron chi connectivity index (χ1n) is 6.55. The van der Waals surface area contributed by atoms with Crippen LogP contribution in [0.3, 0.4) is 0 Å². The van der Waals surface area contributed by atoms with Crippen LogP contribution in [0, 0.1) is 0 Å². The number of fused-ring (bicyclic) bond motifs is 1. The van der Waals surface area contributed by atoms with Crippen molar-refractivity contribution in [3.05, 3.63) is 29.1 Å². The largest absolute Gasteiger partial charge is 0.244 e. The average molecular weight is 332 g/mol. The van der Waals surface area contributed by atoms with Crippen molar-refractivity contribution < 1.29 is 8.42 Å². The van der Waals surface area contributed by atoms with Crippen LogP contribution in [0.15, 0.2) is 29.2 Å². The molecule has 0 aliphatic heterocycles. The third-order valence-electron chi connectivity index (χ3n) is 3.23. The molecular formula is C14H18ClNO2S2. The Kier molecular flexibility index (Phi) is 5.07. The minimum Gasteiger partial charge on any atom is -0.207 e. The Bertz CT molecular complexity index is 694. The highest BCUT2D eigenvalue weighted by molar-refractivity contribution is 7.89. The van der Waals surface area contributed by atoms with Crippen molar-refractivity contribution in [1.29, 1.82) is 0 Å². The molecule has 0 unspecified atom stereocenters. The molecule has 0 fully saturated rings. The second kappa shape index (κ2) is 6.43. The summed E-state index contributed by atoms with van der Waals surface area (Å²) in [7, 11) is -1.84. The lowest BCUT2D eigenvalue weighted by molar-refractivity contribution is 0.460. The molecule has 1 aromatic carbocycles. The number of rotatable bonds is 6. The van der Waals surface area contributed by atoms with Crippen molar-refractivity contribution in [1.82, 2.24) is 4.31 Å². The van der Waals surface area contributed by atoms with Crippen LogP contribution in [0.2, 0.25) is 0 Å². The third-order valence-corrected chi connectivity index (χ3v) is 6.95. The molecule has 3 nitrogen and oxygen atoms in total. The Morgan fingerprint density at radius 3 is 2.65 bits per heavy atom. The normalized spacial score (nSPS) is 12.4. The Hall–Kier alpha value is -0.620. The summed E-state index contributed by atoms with van der Waals surface area (Å²) in [5, 5.41) is 0.775. The Balaban J connectivity index is 2.55. The molecular weight excluding hydrogens is 314 g/mol. The van der Waals surface area contributed by atoms with Crippen LogP contribution in [0.5, 0.6) is 0 Å². The van der Waals surface area contributed by atoms with E-state index in [1.165, 1.54) is 15.6 Å². The molecule has 0 N–H and O–H groups in total. The fraction of sp³-hybridized carbons (Fsp3) is 0.429. The summed E-state index contributed by atoms with van der Waals surface area (Å²) in [6.45, 7) is 2.58. The number of thiophene rings is 1. The molecule has 110 valence electrons. The van der Waals surface area contributed by atoms with Gasteiger partial charge in [-0.25, -0.2) is 12.7 Å². The fourth-order valence-corrected chi connectivity index (χ4v) is 5.43. The number of hydrogen-bond donors (Lipinski definition) is 0. The number of benzene rings is 1. The summed E-state index contributed by atoms with van der Waals surface area (Å²) >= 11 is 7.40. The van der Waals surface area contributed by atoms with Crippen molar-refractivity contribution in [2.75, 3.05) is 13.6 Å².